The summed E-state index contributed by atoms with van der Waals surface area (Å²) in [4.78, 5) is 0. The Hall–Kier alpha value is -1.22. The molecule has 2 rings (SSSR count). The van der Waals surface area contributed by atoms with E-state index >= 15 is 0 Å². The monoisotopic (exact) mass is 193 g/mol. The maximum Gasteiger partial charge on any atom is 0.160 e. The van der Waals surface area contributed by atoms with Crippen LogP contribution >= 0.6 is 0 Å². The fraction of sp³-hybridized carbons (Fsp3) is 0.455. The fourth-order valence-electron chi connectivity index (χ4n) is 1.68. The molecular formula is C11H15NO2. The van der Waals surface area contributed by atoms with Crippen molar-refractivity contribution in [1.82, 2.24) is 0 Å². The first-order chi connectivity index (χ1) is 6.76. The molecule has 1 aliphatic rings. The van der Waals surface area contributed by atoms with Gasteiger partial charge in [0.25, 0.3) is 0 Å². The number of nitrogens with two attached hydrogens (primary N) is 1. The van der Waals surface area contributed by atoms with Crippen molar-refractivity contribution < 1.29 is 9.47 Å². The van der Waals surface area contributed by atoms with Crippen LogP contribution in [0.3, 0.4) is 0 Å². The van der Waals surface area contributed by atoms with Gasteiger partial charge < -0.3 is 15.2 Å². The van der Waals surface area contributed by atoms with Crippen molar-refractivity contribution in [1.29, 1.82) is 0 Å². The molecule has 0 aromatic heterocycles. The zero-order valence-corrected chi connectivity index (χ0v) is 8.49. The van der Waals surface area contributed by atoms with Crippen LogP contribution in [-0.4, -0.2) is 20.3 Å². The molecule has 76 valence electrons. The summed E-state index contributed by atoms with van der Waals surface area (Å²) in [5.41, 5.74) is 7.03. The molecule has 0 amide bonds. The minimum atomic E-state index is 0.327. The molecule has 14 heavy (non-hydrogen) atoms. The van der Waals surface area contributed by atoms with Gasteiger partial charge in [0.2, 0.25) is 0 Å². The van der Waals surface area contributed by atoms with E-state index in [9.17, 15) is 0 Å². The summed E-state index contributed by atoms with van der Waals surface area (Å²) in [7, 11) is 3.29. The van der Waals surface area contributed by atoms with Crippen LogP contribution in [0.5, 0.6) is 11.5 Å². The zero-order valence-electron chi connectivity index (χ0n) is 8.49. The molecule has 1 aromatic carbocycles. The molecule has 1 fully saturated rings. The van der Waals surface area contributed by atoms with Crippen LogP contribution in [0, 0.1) is 0 Å². The fourth-order valence-corrected chi connectivity index (χ4v) is 1.68. The molecule has 0 bridgehead atoms. The van der Waals surface area contributed by atoms with Crippen LogP contribution in [0.2, 0.25) is 0 Å². The van der Waals surface area contributed by atoms with Gasteiger partial charge in [-0.3, -0.25) is 0 Å². The molecule has 3 nitrogen and oxygen atoms in total. The van der Waals surface area contributed by atoms with Gasteiger partial charge in [0.1, 0.15) is 0 Å². The number of methoxy groups -OCH3 is 2. The minimum absolute atomic E-state index is 0.327. The van der Waals surface area contributed by atoms with Crippen molar-refractivity contribution in [2.45, 2.75) is 18.4 Å². The summed E-state index contributed by atoms with van der Waals surface area (Å²) >= 11 is 0. The van der Waals surface area contributed by atoms with Crippen molar-refractivity contribution in [3.05, 3.63) is 23.8 Å². The summed E-state index contributed by atoms with van der Waals surface area (Å²) in [5, 5.41) is 0. The topological polar surface area (TPSA) is 44.5 Å². The van der Waals surface area contributed by atoms with Gasteiger partial charge in [-0.2, -0.15) is 0 Å². The molecular weight excluding hydrogens is 178 g/mol. The van der Waals surface area contributed by atoms with Gasteiger partial charge in [-0.15, -0.1) is 0 Å². The van der Waals surface area contributed by atoms with Crippen molar-refractivity contribution >= 4 is 0 Å². The van der Waals surface area contributed by atoms with E-state index in [4.69, 9.17) is 15.2 Å². The molecule has 1 aromatic rings. The average Bonchev–Trinajstić information content (AvgIpc) is 2.94. The predicted octanol–water partition coefficient (Wildman–Crippen LogP) is 1.52. The van der Waals surface area contributed by atoms with E-state index in [-0.39, 0.29) is 0 Å². The lowest BCUT2D eigenvalue weighted by atomic mass is 10.1. The standard InChI is InChI=1S/C11H15NO2/c1-13-10-4-3-7(5-11(10)14-2)8-6-9(8)12/h3-5,8-9H,6,12H2,1-2H3. The van der Waals surface area contributed by atoms with Crippen LogP contribution in [-0.2, 0) is 0 Å². The Bertz CT molecular complexity index is 338. The van der Waals surface area contributed by atoms with E-state index in [1.807, 2.05) is 12.1 Å². The number of ether oxygens (including phenoxy) is 2. The molecule has 0 spiro atoms. The quantitative estimate of drug-likeness (QED) is 0.791. The second-order valence-corrected chi connectivity index (χ2v) is 3.62. The van der Waals surface area contributed by atoms with Crippen LogP contribution in [0.25, 0.3) is 0 Å². The molecule has 0 heterocycles. The second kappa shape index (κ2) is 3.50. The maximum absolute atomic E-state index is 5.79. The lowest BCUT2D eigenvalue weighted by Gasteiger charge is -2.08. The molecule has 0 aliphatic heterocycles. The number of benzene rings is 1. The Kier molecular flexibility index (Phi) is 2.33. The van der Waals surface area contributed by atoms with Gasteiger partial charge in [0, 0.05) is 12.0 Å². The highest BCUT2D eigenvalue weighted by Gasteiger charge is 2.35. The van der Waals surface area contributed by atoms with Crippen LogP contribution in [0.4, 0.5) is 0 Å². The van der Waals surface area contributed by atoms with Gasteiger partial charge in [-0.05, 0) is 24.1 Å². The van der Waals surface area contributed by atoms with E-state index in [0.717, 1.165) is 17.9 Å². The average molecular weight is 193 g/mol. The van der Waals surface area contributed by atoms with Crippen LogP contribution in [0.1, 0.15) is 17.9 Å². The summed E-state index contributed by atoms with van der Waals surface area (Å²) in [6.07, 6.45) is 1.08. The van der Waals surface area contributed by atoms with Crippen LogP contribution in [0.15, 0.2) is 18.2 Å². The number of hydrogen-bond donors (Lipinski definition) is 1. The van der Waals surface area contributed by atoms with E-state index in [2.05, 4.69) is 6.07 Å². The van der Waals surface area contributed by atoms with Crippen molar-refractivity contribution in [2.75, 3.05) is 14.2 Å². The third kappa shape index (κ3) is 1.55. The van der Waals surface area contributed by atoms with E-state index in [1.54, 1.807) is 14.2 Å². The first kappa shape index (κ1) is 9.34. The van der Waals surface area contributed by atoms with Crippen molar-refractivity contribution in [2.24, 2.45) is 5.73 Å². The smallest absolute Gasteiger partial charge is 0.160 e. The Morgan fingerprint density at radius 2 is 1.86 bits per heavy atom. The number of rotatable bonds is 3. The van der Waals surface area contributed by atoms with E-state index in [1.165, 1.54) is 5.56 Å². The lowest BCUT2D eigenvalue weighted by Crippen LogP contribution is -2.01. The molecule has 1 aliphatic carbocycles. The Morgan fingerprint density at radius 1 is 1.21 bits per heavy atom. The summed E-state index contributed by atoms with van der Waals surface area (Å²) in [6, 6.07) is 6.32. The Labute approximate surface area is 83.8 Å². The highest BCUT2D eigenvalue weighted by molar-refractivity contribution is 5.45. The van der Waals surface area contributed by atoms with E-state index < -0.39 is 0 Å². The summed E-state index contributed by atoms with van der Waals surface area (Å²) in [6.45, 7) is 0. The second-order valence-electron chi connectivity index (χ2n) is 3.62. The molecule has 1 saturated carbocycles. The maximum atomic E-state index is 5.79. The number of hydrogen-bond acceptors (Lipinski definition) is 3. The van der Waals surface area contributed by atoms with Gasteiger partial charge in [-0.1, -0.05) is 6.07 Å². The molecule has 3 heteroatoms. The summed E-state index contributed by atoms with van der Waals surface area (Å²) < 4.78 is 10.4. The first-order valence-electron chi connectivity index (χ1n) is 4.73. The van der Waals surface area contributed by atoms with Gasteiger partial charge in [0.15, 0.2) is 11.5 Å². The van der Waals surface area contributed by atoms with Gasteiger partial charge in [-0.25, -0.2) is 0 Å². The van der Waals surface area contributed by atoms with Crippen LogP contribution < -0.4 is 15.2 Å². The first-order valence-corrected chi connectivity index (χ1v) is 4.73. The third-order valence-electron chi connectivity index (χ3n) is 2.68. The van der Waals surface area contributed by atoms with E-state index in [0.29, 0.717) is 12.0 Å². The zero-order chi connectivity index (χ0) is 10.1. The lowest BCUT2D eigenvalue weighted by molar-refractivity contribution is 0.354. The third-order valence-corrected chi connectivity index (χ3v) is 2.68. The highest BCUT2D eigenvalue weighted by Crippen LogP contribution is 2.41. The molecule has 0 radical (unpaired) electrons. The molecule has 2 unspecified atom stereocenters. The Morgan fingerprint density at radius 3 is 2.36 bits per heavy atom. The highest BCUT2D eigenvalue weighted by atomic mass is 16.5. The largest absolute Gasteiger partial charge is 0.493 e. The van der Waals surface area contributed by atoms with Gasteiger partial charge in [0.05, 0.1) is 14.2 Å². The Balaban J connectivity index is 2.27. The van der Waals surface area contributed by atoms with Crippen molar-refractivity contribution in [3.63, 3.8) is 0 Å². The minimum Gasteiger partial charge on any atom is -0.493 e. The molecule has 0 saturated heterocycles. The van der Waals surface area contributed by atoms with Crippen molar-refractivity contribution in [3.8, 4) is 11.5 Å². The normalized spacial score (nSPS) is 24.5. The summed E-state index contributed by atoms with van der Waals surface area (Å²) in [5.74, 6) is 2.06. The predicted molar refractivity (Wildman–Crippen MR) is 54.9 cm³/mol. The molecule has 2 atom stereocenters. The van der Waals surface area contributed by atoms with Gasteiger partial charge >= 0.3 is 0 Å². The SMILES string of the molecule is COc1ccc(C2CC2N)cc1OC. The molecule has 2 N–H and O–H groups in total.